The van der Waals surface area contributed by atoms with Gasteiger partial charge in [-0.2, -0.15) is 13.1 Å². The maximum Gasteiger partial charge on any atom is 0.387 e. The Morgan fingerprint density at radius 3 is 2.23 bits per heavy atom. The Balaban J connectivity index is 1.39. The molecule has 4 rings (SSSR count). The molecule has 1 atom stereocenters. The summed E-state index contributed by atoms with van der Waals surface area (Å²) in [5.74, 6) is -0.617. The van der Waals surface area contributed by atoms with Gasteiger partial charge in [-0.15, -0.1) is 0 Å². The van der Waals surface area contributed by atoms with E-state index in [0.717, 1.165) is 11.1 Å². The van der Waals surface area contributed by atoms with Gasteiger partial charge in [-0.1, -0.05) is 6.07 Å². The molecule has 0 bridgehead atoms. The van der Waals surface area contributed by atoms with E-state index in [4.69, 9.17) is 0 Å². The summed E-state index contributed by atoms with van der Waals surface area (Å²) in [6.07, 6.45) is 0.109. The Labute approximate surface area is 177 Å². The van der Waals surface area contributed by atoms with E-state index >= 15 is 0 Å². The van der Waals surface area contributed by atoms with Crippen molar-refractivity contribution < 1.29 is 31.8 Å². The number of hydrogen-bond donors (Lipinski definition) is 1. The topological polar surface area (TPSA) is 100 Å². The van der Waals surface area contributed by atoms with E-state index in [-0.39, 0.29) is 42.5 Å². The van der Waals surface area contributed by atoms with Crippen LogP contribution in [0.25, 0.3) is 0 Å². The van der Waals surface area contributed by atoms with Crippen molar-refractivity contribution in [2.75, 3.05) is 26.2 Å². The molecular weight excluding hydrogens is 432 g/mol. The number of ether oxygens (including phenoxy) is 1. The zero-order chi connectivity index (χ0) is 22.2. The minimum Gasteiger partial charge on any atom is -0.435 e. The number of aliphatic hydroxyl groups is 1. The Morgan fingerprint density at radius 2 is 1.68 bits per heavy atom. The van der Waals surface area contributed by atoms with Gasteiger partial charge in [0.05, 0.1) is 10.6 Å². The van der Waals surface area contributed by atoms with E-state index < -0.39 is 28.6 Å². The maximum atomic E-state index is 12.9. The number of halogens is 2. The lowest BCUT2D eigenvalue weighted by Gasteiger charge is -2.24. The largest absolute Gasteiger partial charge is 0.435 e. The van der Waals surface area contributed by atoms with Gasteiger partial charge < -0.3 is 14.7 Å². The molecule has 8 nitrogen and oxygen atoms in total. The number of nitrogens with zero attached hydrogens (tertiary/aromatic N) is 3. The van der Waals surface area contributed by atoms with Gasteiger partial charge >= 0.3 is 6.61 Å². The van der Waals surface area contributed by atoms with Crippen molar-refractivity contribution in [3.05, 3.63) is 65.5 Å². The van der Waals surface area contributed by atoms with Crippen LogP contribution in [0.1, 0.15) is 11.8 Å². The van der Waals surface area contributed by atoms with Crippen LogP contribution in [0.2, 0.25) is 0 Å². The molecule has 1 aromatic carbocycles. The van der Waals surface area contributed by atoms with Gasteiger partial charge in [0.2, 0.25) is 10.0 Å². The third kappa shape index (κ3) is 4.29. The van der Waals surface area contributed by atoms with Gasteiger partial charge in [0.25, 0.3) is 5.91 Å². The van der Waals surface area contributed by atoms with Crippen LogP contribution in [0.3, 0.4) is 0 Å². The lowest BCUT2D eigenvalue weighted by Crippen LogP contribution is -2.38. The molecular formula is C20H19F2N3O5S. The number of carbonyl (C=O) groups is 1. The van der Waals surface area contributed by atoms with Crippen LogP contribution in [0, 0.1) is 0 Å². The second kappa shape index (κ2) is 8.33. The van der Waals surface area contributed by atoms with Crippen molar-refractivity contribution in [3.63, 3.8) is 0 Å². The van der Waals surface area contributed by atoms with E-state index in [0.29, 0.717) is 0 Å². The number of carbonyl (C=O) groups excluding carboxylic acids is 1. The number of amides is 1. The van der Waals surface area contributed by atoms with Crippen molar-refractivity contribution >= 4 is 15.9 Å². The Bertz CT molecular complexity index is 1090. The van der Waals surface area contributed by atoms with E-state index in [1.807, 2.05) is 0 Å². The molecule has 0 spiro atoms. The monoisotopic (exact) mass is 451 g/mol. The fourth-order valence-corrected chi connectivity index (χ4v) is 5.08. The van der Waals surface area contributed by atoms with E-state index in [9.17, 15) is 27.1 Å². The number of rotatable bonds is 6. The standard InChI is InChI=1S/C20H19F2N3O5S/c21-20(22)30-15-4-6-16(7-5-15)31(28,29)25-11-13-9-24(10-14(13)12-25)19(27)18(26)17-3-1-2-8-23-17/h1-8,18,20,26H,9-12H2/t18-/m1/s1. The van der Waals surface area contributed by atoms with Crippen LogP contribution in [0.4, 0.5) is 8.78 Å². The van der Waals surface area contributed by atoms with Gasteiger partial charge in [-0.3, -0.25) is 9.78 Å². The molecule has 2 aromatic rings. The molecule has 31 heavy (non-hydrogen) atoms. The highest BCUT2D eigenvalue weighted by Crippen LogP contribution is 2.31. The number of pyridine rings is 1. The highest BCUT2D eigenvalue weighted by Gasteiger charge is 2.39. The van der Waals surface area contributed by atoms with Gasteiger partial charge in [0.1, 0.15) is 5.75 Å². The van der Waals surface area contributed by atoms with Gasteiger partial charge in [-0.25, -0.2) is 8.42 Å². The maximum absolute atomic E-state index is 12.9. The molecule has 11 heteroatoms. The molecule has 2 aliphatic rings. The van der Waals surface area contributed by atoms with Crippen LogP contribution in [0.15, 0.2) is 64.7 Å². The van der Waals surface area contributed by atoms with Crippen LogP contribution >= 0.6 is 0 Å². The second-order valence-corrected chi connectivity index (χ2v) is 9.12. The summed E-state index contributed by atoms with van der Waals surface area (Å²) < 4.78 is 55.8. The number of sulfonamides is 1. The highest BCUT2D eigenvalue weighted by atomic mass is 32.2. The first-order valence-electron chi connectivity index (χ1n) is 9.38. The molecule has 3 heterocycles. The summed E-state index contributed by atoms with van der Waals surface area (Å²) in [4.78, 5) is 18.0. The van der Waals surface area contributed by atoms with Crippen molar-refractivity contribution in [1.82, 2.24) is 14.2 Å². The predicted octanol–water partition coefficient (Wildman–Crippen LogP) is 1.56. The molecule has 2 aliphatic heterocycles. The summed E-state index contributed by atoms with van der Waals surface area (Å²) in [5.41, 5.74) is 1.87. The molecule has 164 valence electrons. The zero-order valence-corrected chi connectivity index (χ0v) is 17.0. The summed E-state index contributed by atoms with van der Waals surface area (Å²) in [6, 6.07) is 9.71. The minimum atomic E-state index is -3.84. The molecule has 1 N–H and O–H groups in total. The molecule has 0 aliphatic carbocycles. The lowest BCUT2D eigenvalue weighted by atomic mass is 10.2. The number of hydrogen-bond acceptors (Lipinski definition) is 6. The fraction of sp³-hybridized carbons (Fsp3) is 0.300. The Morgan fingerprint density at radius 1 is 1.03 bits per heavy atom. The number of alkyl halides is 2. The number of aliphatic hydroxyl groups excluding tert-OH is 1. The first kappa shape index (κ1) is 21.3. The first-order chi connectivity index (χ1) is 14.8. The molecule has 0 unspecified atom stereocenters. The van der Waals surface area contributed by atoms with Crippen LogP contribution in [-0.4, -0.2) is 66.4 Å². The molecule has 1 aromatic heterocycles. The van der Waals surface area contributed by atoms with Crippen molar-refractivity contribution in [1.29, 1.82) is 0 Å². The quantitative estimate of drug-likeness (QED) is 0.670. The molecule has 0 radical (unpaired) electrons. The van der Waals surface area contributed by atoms with Crippen molar-refractivity contribution in [3.8, 4) is 5.75 Å². The summed E-state index contributed by atoms with van der Waals surface area (Å²) >= 11 is 0. The first-order valence-corrected chi connectivity index (χ1v) is 10.8. The average molecular weight is 451 g/mol. The van der Waals surface area contributed by atoms with Gasteiger partial charge in [0, 0.05) is 32.4 Å². The van der Waals surface area contributed by atoms with Crippen molar-refractivity contribution in [2.45, 2.75) is 17.6 Å². The normalized spacial score (nSPS) is 17.9. The Kier molecular flexibility index (Phi) is 5.73. The number of benzene rings is 1. The van der Waals surface area contributed by atoms with E-state index in [1.54, 1.807) is 18.2 Å². The zero-order valence-electron chi connectivity index (χ0n) is 16.2. The summed E-state index contributed by atoms with van der Waals surface area (Å²) in [6.45, 7) is -2.29. The lowest BCUT2D eigenvalue weighted by molar-refractivity contribution is -0.139. The van der Waals surface area contributed by atoms with Gasteiger partial charge in [0.15, 0.2) is 6.10 Å². The minimum absolute atomic E-state index is 0.0335. The summed E-state index contributed by atoms with van der Waals surface area (Å²) in [7, 11) is -3.84. The third-order valence-electron chi connectivity index (χ3n) is 5.20. The van der Waals surface area contributed by atoms with Crippen LogP contribution in [0.5, 0.6) is 5.75 Å². The molecule has 0 saturated carbocycles. The SMILES string of the molecule is O=C([C@H](O)c1ccccn1)N1CC2=C(C1)CN(S(=O)(=O)c1ccc(OC(F)F)cc1)C2. The van der Waals surface area contributed by atoms with Crippen LogP contribution < -0.4 is 4.74 Å². The summed E-state index contributed by atoms with van der Waals surface area (Å²) in [5, 5.41) is 10.3. The van der Waals surface area contributed by atoms with Crippen molar-refractivity contribution in [2.24, 2.45) is 0 Å². The Hall–Kier alpha value is -2.89. The third-order valence-corrected chi connectivity index (χ3v) is 7.00. The smallest absolute Gasteiger partial charge is 0.387 e. The fourth-order valence-electron chi connectivity index (χ4n) is 3.65. The van der Waals surface area contributed by atoms with E-state index in [2.05, 4.69) is 9.72 Å². The average Bonchev–Trinajstić information content (AvgIpc) is 3.33. The number of aromatic nitrogens is 1. The highest BCUT2D eigenvalue weighted by molar-refractivity contribution is 7.89. The second-order valence-electron chi connectivity index (χ2n) is 7.18. The van der Waals surface area contributed by atoms with Gasteiger partial charge in [-0.05, 0) is 47.5 Å². The van der Waals surface area contributed by atoms with Crippen LogP contribution in [-0.2, 0) is 14.8 Å². The molecule has 0 saturated heterocycles. The predicted molar refractivity (Wildman–Crippen MR) is 105 cm³/mol. The van der Waals surface area contributed by atoms with E-state index in [1.165, 1.54) is 39.7 Å². The molecule has 0 fully saturated rings. The molecule has 1 amide bonds.